The van der Waals surface area contributed by atoms with Crippen molar-refractivity contribution in [1.29, 1.82) is 0 Å². The van der Waals surface area contributed by atoms with Gasteiger partial charge >= 0.3 is 0 Å². The highest BCUT2D eigenvalue weighted by Gasteiger charge is 2.32. The third-order valence-corrected chi connectivity index (χ3v) is 7.82. The Bertz CT molecular complexity index is 1070. The topological polar surface area (TPSA) is 41.9 Å². The monoisotopic (exact) mass is 517 g/mol. The predicted octanol–water partition coefficient (Wildman–Crippen LogP) is 8.14. The largest absolute Gasteiger partial charge is 0.508 e. The van der Waals surface area contributed by atoms with E-state index in [1.165, 1.54) is 27.9 Å². The fraction of sp³-hybridized carbons (Fsp3) is 0.471. The zero-order valence-electron chi connectivity index (χ0n) is 24.2. The second-order valence-electron chi connectivity index (χ2n) is 9.67. The Labute approximate surface area is 230 Å². The fourth-order valence-electron chi connectivity index (χ4n) is 6.08. The van der Waals surface area contributed by atoms with E-state index in [4.69, 9.17) is 9.47 Å². The van der Waals surface area contributed by atoms with Gasteiger partial charge in [-0.2, -0.15) is 0 Å². The van der Waals surface area contributed by atoms with Crippen LogP contribution in [-0.4, -0.2) is 38.7 Å². The maximum Gasteiger partial charge on any atom is 0.159 e. The third kappa shape index (κ3) is 6.78. The second-order valence-corrected chi connectivity index (χ2v) is 9.67. The number of hydrogen-bond acceptors (Lipinski definition) is 4. The van der Waals surface area contributed by atoms with Crippen LogP contribution in [-0.2, 0) is 15.9 Å². The number of phenols is 1. The Kier molecular flexibility index (Phi) is 11.7. The SMILES string of the molecule is CC.CC.COC(OC)C1CCN(c2ccc(C3c4ccc(O)cc4CC[C@@H]3c3ccccc3)cc2)CC1. The molecule has 0 aromatic heterocycles. The number of methoxy groups -OCH3 is 2. The molecule has 0 saturated carbocycles. The summed E-state index contributed by atoms with van der Waals surface area (Å²) in [7, 11) is 3.46. The van der Waals surface area contributed by atoms with Crippen molar-refractivity contribution in [2.75, 3.05) is 32.2 Å². The van der Waals surface area contributed by atoms with E-state index in [1.807, 2.05) is 39.8 Å². The van der Waals surface area contributed by atoms with Gasteiger partial charge < -0.3 is 19.5 Å². The molecule has 5 rings (SSSR count). The van der Waals surface area contributed by atoms with Gasteiger partial charge in [-0.3, -0.25) is 0 Å². The van der Waals surface area contributed by atoms with Gasteiger partial charge in [0.2, 0.25) is 0 Å². The van der Waals surface area contributed by atoms with Crippen molar-refractivity contribution < 1.29 is 14.6 Å². The highest BCUT2D eigenvalue weighted by atomic mass is 16.7. The number of aryl methyl sites for hydroxylation is 1. The first-order valence-electron chi connectivity index (χ1n) is 14.4. The molecule has 0 spiro atoms. The van der Waals surface area contributed by atoms with Crippen LogP contribution in [0.1, 0.15) is 81.0 Å². The van der Waals surface area contributed by atoms with E-state index in [1.54, 1.807) is 14.2 Å². The van der Waals surface area contributed by atoms with E-state index in [9.17, 15) is 5.11 Å². The van der Waals surface area contributed by atoms with Crippen LogP contribution < -0.4 is 4.90 Å². The molecule has 1 aliphatic heterocycles. The van der Waals surface area contributed by atoms with Crippen molar-refractivity contribution in [3.63, 3.8) is 0 Å². The minimum atomic E-state index is -0.106. The van der Waals surface area contributed by atoms with E-state index < -0.39 is 0 Å². The van der Waals surface area contributed by atoms with Gasteiger partial charge in [-0.1, -0.05) is 76.2 Å². The number of rotatable bonds is 6. The van der Waals surface area contributed by atoms with Crippen molar-refractivity contribution in [1.82, 2.24) is 0 Å². The summed E-state index contributed by atoms with van der Waals surface area (Å²) in [6.45, 7) is 10.0. The van der Waals surface area contributed by atoms with Crippen LogP contribution in [0.15, 0.2) is 72.8 Å². The molecule has 0 radical (unpaired) electrons. The van der Waals surface area contributed by atoms with Crippen molar-refractivity contribution in [2.24, 2.45) is 5.92 Å². The Morgan fingerprint density at radius 1 is 0.763 bits per heavy atom. The van der Waals surface area contributed by atoms with Crippen molar-refractivity contribution in [3.05, 3.63) is 95.1 Å². The van der Waals surface area contributed by atoms with Crippen LogP contribution in [0.2, 0.25) is 0 Å². The molecular weight excluding hydrogens is 470 g/mol. The standard InChI is InChI=1S/C30H35NO3.2C2H6/c1-33-30(34-2)23-16-18-31(19-17-23)25-11-8-22(9-12-25)29-27(21-6-4-3-5-7-21)14-10-24-20-26(32)13-15-28(24)29;2*1-2/h3-9,11-13,15,20,23,27,29-30,32H,10,14,16-19H2,1-2H3;2*1-2H3/t27-,29?;;/m1../s1. The smallest absolute Gasteiger partial charge is 0.159 e. The molecule has 1 heterocycles. The van der Waals surface area contributed by atoms with Crippen LogP contribution in [0.3, 0.4) is 0 Å². The number of fused-ring (bicyclic) bond motifs is 1. The fourth-order valence-corrected chi connectivity index (χ4v) is 6.08. The first-order valence-corrected chi connectivity index (χ1v) is 14.4. The van der Waals surface area contributed by atoms with Gasteiger partial charge in [-0.05, 0) is 78.1 Å². The number of piperidine rings is 1. The minimum absolute atomic E-state index is 0.106. The molecule has 1 saturated heterocycles. The Morgan fingerprint density at radius 3 is 2.00 bits per heavy atom. The highest BCUT2D eigenvalue weighted by Crippen LogP contribution is 2.47. The van der Waals surface area contributed by atoms with Gasteiger partial charge in [-0.15, -0.1) is 0 Å². The van der Waals surface area contributed by atoms with Crippen molar-refractivity contribution >= 4 is 5.69 Å². The molecule has 4 heteroatoms. The highest BCUT2D eigenvalue weighted by molar-refractivity contribution is 5.52. The minimum Gasteiger partial charge on any atom is -0.508 e. The number of phenolic OH excluding ortho intramolecular Hbond substituents is 1. The van der Waals surface area contributed by atoms with Gasteiger partial charge in [0.15, 0.2) is 6.29 Å². The molecule has 3 aromatic carbocycles. The maximum atomic E-state index is 10.1. The molecule has 3 aromatic rings. The van der Waals surface area contributed by atoms with Crippen LogP contribution in [0.4, 0.5) is 5.69 Å². The zero-order valence-corrected chi connectivity index (χ0v) is 24.2. The number of anilines is 1. The average molecular weight is 518 g/mol. The van der Waals surface area contributed by atoms with E-state index in [0.717, 1.165) is 38.8 Å². The van der Waals surface area contributed by atoms with Crippen molar-refractivity contribution in [2.45, 2.75) is 71.5 Å². The van der Waals surface area contributed by atoms with Crippen LogP contribution in [0.5, 0.6) is 5.75 Å². The first-order chi connectivity index (χ1) is 18.7. The first kappa shape index (κ1) is 29.7. The lowest BCUT2D eigenvalue weighted by Gasteiger charge is -2.37. The Balaban J connectivity index is 0.000000956. The molecule has 1 aliphatic carbocycles. The molecule has 0 amide bonds. The van der Waals surface area contributed by atoms with E-state index in [0.29, 0.717) is 17.6 Å². The summed E-state index contributed by atoms with van der Waals surface area (Å²) < 4.78 is 11.0. The molecule has 1 unspecified atom stereocenters. The van der Waals surface area contributed by atoms with Gasteiger partial charge in [0, 0.05) is 44.8 Å². The number of nitrogens with zero attached hydrogens (tertiary/aromatic N) is 1. The molecule has 206 valence electrons. The number of hydrogen-bond donors (Lipinski definition) is 1. The predicted molar refractivity (Wildman–Crippen MR) is 159 cm³/mol. The normalized spacial score (nSPS) is 19.1. The van der Waals surface area contributed by atoms with Gasteiger partial charge in [0.1, 0.15) is 5.75 Å². The lowest BCUT2D eigenvalue weighted by atomic mass is 9.69. The Morgan fingerprint density at radius 2 is 1.39 bits per heavy atom. The summed E-state index contributed by atoms with van der Waals surface area (Å²) in [6, 6.07) is 26.0. The molecule has 2 atom stereocenters. The maximum absolute atomic E-state index is 10.1. The van der Waals surface area contributed by atoms with Gasteiger partial charge in [0.05, 0.1) is 0 Å². The Hall–Kier alpha value is -2.82. The summed E-state index contributed by atoms with van der Waals surface area (Å²) in [6.07, 6.45) is 4.12. The van der Waals surface area contributed by atoms with Crippen LogP contribution >= 0.6 is 0 Å². The van der Waals surface area contributed by atoms with Gasteiger partial charge in [0.25, 0.3) is 0 Å². The molecule has 1 fully saturated rings. The second kappa shape index (κ2) is 14.9. The van der Waals surface area contributed by atoms with E-state index in [-0.39, 0.29) is 12.2 Å². The molecule has 38 heavy (non-hydrogen) atoms. The summed E-state index contributed by atoms with van der Waals surface area (Å²) in [5, 5.41) is 10.1. The number of benzene rings is 3. The summed E-state index contributed by atoms with van der Waals surface area (Å²) in [5.41, 5.74) is 6.64. The average Bonchev–Trinajstić information content (AvgIpc) is 3.00. The summed E-state index contributed by atoms with van der Waals surface area (Å²) in [5.74, 6) is 1.53. The molecule has 2 aliphatic rings. The molecule has 0 bridgehead atoms. The third-order valence-electron chi connectivity index (χ3n) is 7.82. The van der Waals surface area contributed by atoms with Crippen LogP contribution in [0, 0.1) is 5.92 Å². The van der Waals surface area contributed by atoms with Crippen molar-refractivity contribution in [3.8, 4) is 5.75 Å². The van der Waals surface area contributed by atoms with E-state index >= 15 is 0 Å². The quantitative estimate of drug-likeness (QED) is 0.335. The zero-order chi connectivity index (χ0) is 27.5. The number of aromatic hydroxyl groups is 1. The summed E-state index contributed by atoms with van der Waals surface area (Å²) in [4.78, 5) is 2.48. The summed E-state index contributed by atoms with van der Waals surface area (Å²) >= 11 is 0. The van der Waals surface area contributed by atoms with E-state index in [2.05, 4.69) is 65.6 Å². The molecular formula is C34H47NO3. The molecule has 1 N–H and O–H groups in total. The van der Waals surface area contributed by atoms with Crippen LogP contribution in [0.25, 0.3) is 0 Å². The molecule has 4 nitrogen and oxygen atoms in total. The lowest BCUT2D eigenvalue weighted by molar-refractivity contribution is -0.141. The van der Waals surface area contributed by atoms with Gasteiger partial charge in [-0.25, -0.2) is 0 Å². The number of ether oxygens (including phenoxy) is 2. The lowest BCUT2D eigenvalue weighted by Crippen LogP contribution is -2.39.